The molecule has 1 N–H and O–H groups in total. The van der Waals surface area contributed by atoms with E-state index in [1.165, 1.54) is 12.1 Å². The number of hydrogen-bond acceptors (Lipinski definition) is 2. The first-order valence-corrected chi connectivity index (χ1v) is 9.00. The molecule has 1 aliphatic heterocycles. The minimum Gasteiger partial charge on any atom is -0.370 e. The van der Waals surface area contributed by atoms with Crippen LogP contribution in [0.1, 0.15) is 18.4 Å². The number of halogens is 3. The van der Waals surface area contributed by atoms with Crippen LogP contribution in [0.25, 0.3) is 16.9 Å². The van der Waals surface area contributed by atoms with Gasteiger partial charge in [0.25, 0.3) is 0 Å². The van der Waals surface area contributed by atoms with Crippen molar-refractivity contribution in [2.45, 2.75) is 19.3 Å². The molecule has 0 saturated heterocycles. The molecule has 2 heterocycles. The predicted molar refractivity (Wildman–Crippen MR) is 98.0 cm³/mol. The number of benzene rings is 2. The zero-order chi connectivity index (χ0) is 17.4. The molecule has 0 unspecified atom stereocenters. The van der Waals surface area contributed by atoms with Gasteiger partial charge in [-0.2, -0.15) is 5.10 Å². The van der Waals surface area contributed by atoms with Gasteiger partial charge in [-0.1, -0.05) is 22.0 Å². The van der Waals surface area contributed by atoms with E-state index in [2.05, 4.69) is 26.3 Å². The summed E-state index contributed by atoms with van der Waals surface area (Å²) >= 11 is 3.48. The normalized spacial score (nSPS) is 13.9. The fourth-order valence-electron chi connectivity index (χ4n) is 3.19. The van der Waals surface area contributed by atoms with Crippen LogP contribution >= 0.6 is 15.9 Å². The molecule has 1 aromatic heterocycles. The first-order chi connectivity index (χ1) is 12.1. The Morgan fingerprint density at radius 2 is 1.96 bits per heavy atom. The molecule has 128 valence electrons. The van der Waals surface area contributed by atoms with Crippen molar-refractivity contribution in [1.82, 2.24) is 9.78 Å². The fraction of sp³-hybridized carbons (Fsp3) is 0.211. The summed E-state index contributed by atoms with van der Waals surface area (Å²) in [6, 6.07) is 11.4. The topological polar surface area (TPSA) is 29.9 Å². The summed E-state index contributed by atoms with van der Waals surface area (Å²) in [5.74, 6) is -0.294. The van der Waals surface area contributed by atoms with E-state index < -0.39 is 11.6 Å². The summed E-state index contributed by atoms with van der Waals surface area (Å²) < 4.78 is 30.4. The minimum atomic E-state index is -0.592. The Balaban J connectivity index is 1.93. The molecular weight excluding hydrogens is 388 g/mol. The molecule has 0 radical (unpaired) electrons. The van der Waals surface area contributed by atoms with Gasteiger partial charge in [0.1, 0.15) is 23.1 Å². The molecule has 1 aliphatic rings. The van der Waals surface area contributed by atoms with E-state index in [1.807, 2.05) is 28.9 Å². The lowest BCUT2D eigenvalue weighted by molar-refractivity contribution is 0.585. The Morgan fingerprint density at radius 3 is 2.76 bits per heavy atom. The van der Waals surface area contributed by atoms with Crippen molar-refractivity contribution >= 4 is 21.7 Å². The summed E-state index contributed by atoms with van der Waals surface area (Å²) in [6.45, 7) is 0.845. The molecule has 0 fully saturated rings. The molecular formula is C19H16BrF2N3. The number of aromatic nitrogens is 2. The van der Waals surface area contributed by atoms with E-state index in [0.717, 1.165) is 53.4 Å². The van der Waals surface area contributed by atoms with Gasteiger partial charge >= 0.3 is 0 Å². The molecule has 2 aromatic carbocycles. The highest BCUT2D eigenvalue weighted by Gasteiger charge is 2.23. The maximum Gasteiger partial charge on any atom is 0.135 e. The number of fused-ring (bicyclic) bond motifs is 1. The van der Waals surface area contributed by atoms with E-state index in [9.17, 15) is 8.78 Å². The Morgan fingerprint density at radius 1 is 1.08 bits per heavy atom. The zero-order valence-electron chi connectivity index (χ0n) is 13.4. The molecule has 0 aliphatic carbocycles. The van der Waals surface area contributed by atoms with E-state index in [4.69, 9.17) is 0 Å². The van der Waals surface area contributed by atoms with Crippen LogP contribution in [0.15, 0.2) is 46.9 Å². The van der Waals surface area contributed by atoms with Gasteiger partial charge < -0.3 is 5.32 Å². The highest BCUT2D eigenvalue weighted by Crippen LogP contribution is 2.35. The van der Waals surface area contributed by atoms with Crippen molar-refractivity contribution < 1.29 is 8.78 Å². The minimum absolute atomic E-state index is 0.329. The van der Waals surface area contributed by atoms with Gasteiger partial charge in [-0.05, 0) is 49.6 Å². The highest BCUT2D eigenvalue weighted by molar-refractivity contribution is 9.10. The van der Waals surface area contributed by atoms with Crippen molar-refractivity contribution in [2.24, 2.45) is 0 Å². The van der Waals surface area contributed by atoms with Gasteiger partial charge in [-0.25, -0.2) is 13.5 Å². The van der Waals surface area contributed by atoms with Gasteiger partial charge in [0, 0.05) is 28.2 Å². The lowest BCUT2D eigenvalue weighted by Gasteiger charge is -2.09. The SMILES string of the molecule is Fc1ccc(-c2nn(-c3cccc(Br)c3)c3c2CCCCN3)c(F)c1. The van der Waals surface area contributed by atoms with Crippen LogP contribution in [0.5, 0.6) is 0 Å². The molecule has 4 rings (SSSR count). The van der Waals surface area contributed by atoms with E-state index >= 15 is 0 Å². The van der Waals surface area contributed by atoms with Crippen LogP contribution in [0.3, 0.4) is 0 Å². The largest absolute Gasteiger partial charge is 0.370 e. The summed E-state index contributed by atoms with van der Waals surface area (Å²) in [4.78, 5) is 0. The number of nitrogens with zero attached hydrogens (tertiary/aromatic N) is 2. The zero-order valence-corrected chi connectivity index (χ0v) is 15.0. The van der Waals surface area contributed by atoms with Gasteiger partial charge in [0.15, 0.2) is 0 Å². The molecule has 0 atom stereocenters. The first kappa shape index (κ1) is 16.3. The third-order valence-corrected chi connectivity index (χ3v) is 4.86. The standard InChI is InChI=1S/C19H16BrF2N3/c20-12-4-3-5-14(10-12)25-19-16(6-1-2-9-23-19)18(24-25)15-8-7-13(21)11-17(15)22/h3-5,7-8,10-11,23H,1-2,6,9H2. The lowest BCUT2D eigenvalue weighted by Crippen LogP contribution is -2.07. The Labute approximate surface area is 152 Å². The lowest BCUT2D eigenvalue weighted by atomic mass is 10.0. The third kappa shape index (κ3) is 3.06. The van der Waals surface area contributed by atoms with Crippen molar-refractivity contribution in [2.75, 3.05) is 11.9 Å². The van der Waals surface area contributed by atoms with Crippen LogP contribution in [-0.2, 0) is 6.42 Å². The average Bonchev–Trinajstić information content (AvgIpc) is 2.77. The molecule has 3 nitrogen and oxygen atoms in total. The molecule has 0 spiro atoms. The maximum absolute atomic E-state index is 14.4. The van der Waals surface area contributed by atoms with Gasteiger partial charge in [-0.3, -0.25) is 0 Å². The van der Waals surface area contributed by atoms with Crippen molar-refractivity contribution in [3.8, 4) is 16.9 Å². The average molecular weight is 404 g/mol. The van der Waals surface area contributed by atoms with Crippen LogP contribution < -0.4 is 5.32 Å². The number of rotatable bonds is 2. The first-order valence-electron chi connectivity index (χ1n) is 8.20. The molecule has 0 bridgehead atoms. The summed E-state index contributed by atoms with van der Waals surface area (Å²) in [7, 11) is 0. The molecule has 25 heavy (non-hydrogen) atoms. The third-order valence-electron chi connectivity index (χ3n) is 4.37. The van der Waals surface area contributed by atoms with Gasteiger partial charge in [0.05, 0.1) is 5.69 Å². The van der Waals surface area contributed by atoms with Crippen molar-refractivity contribution in [3.63, 3.8) is 0 Å². The molecule has 3 aromatic rings. The van der Waals surface area contributed by atoms with E-state index in [0.29, 0.717) is 11.3 Å². The second-order valence-electron chi connectivity index (χ2n) is 6.08. The summed E-state index contributed by atoms with van der Waals surface area (Å²) in [5, 5.41) is 8.10. The van der Waals surface area contributed by atoms with E-state index in [1.54, 1.807) is 0 Å². The van der Waals surface area contributed by atoms with Crippen molar-refractivity contribution in [1.29, 1.82) is 0 Å². The van der Waals surface area contributed by atoms with Crippen molar-refractivity contribution in [3.05, 3.63) is 64.1 Å². The Hall–Kier alpha value is -2.21. The van der Waals surface area contributed by atoms with Crippen LogP contribution in [-0.4, -0.2) is 16.3 Å². The summed E-state index contributed by atoms with van der Waals surface area (Å²) in [6.07, 6.45) is 2.85. The van der Waals surface area contributed by atoms with Crippen LogP contribution in [0.4, 0.5) is 14.6 Å². The molecule has 6 heteroatoms. The highest BCUT2D eigenvalue weighted by atomic mass is 79.9. The smallest absolute Gasteiger partial charge is 0.135 e. The molecule has 0 amide bonds. The fourth-order valence-corrected chi connectivity index (χ4v) is 3.58. The van der Waals surface area contributed by atoms with E-state index in [-0.39, 0.29) is 0 Å². The maximum atomic E-state index is 14.4. The Bertz CT molecular complexity index is 936. The number of anilines is 1. The number of nitrogens with one attached hydrogen (secondary N) is 1. The Kier molecular flexibility index (Phi) is 4.29. The number of hydrogen-bond donors (Lipinski definition) is 1. The van der Waals surface area contributed by atoms with Crippen LogP contribution in [0, 0.1) is 11.6 Å². The monoisotopic (exact) mass is 403 g/mol. The quantitative estimate of drug-likeness (QED) is 0.626. The second kappa shape index (κ2) is 6.59. The predicted octanol–water partition coefficient (Wildman–Crippen LogP) is 5.33. The second-order valence-corrected chi connectivity index (χ2v) is 6.99. The van der Waals surface area contributed by atoms with Gasteiger partial charge in [0.2, 0.25) is 0 Å². The molecule has 0 saturated carbocycles. The van der Waals surface area contributed by atoms with Crippen LogP contribution in [0.2, 0.25) is 0 Å². The summed E-state index contributed by atoms with van der Waals surface area (Å²) in [5.41, 5.74) is 2.76. The van der Waals surface area contributed by atoms with Gasteiger partial charge in [-0.15, -0.1) is 0 Å².